The van der Waals surface area contributed by atoms with E-state index < -0.39 is 30.0 Å². The van der Waals surface area contributed by atoms with Gasteiger partial charge in [0, 0.05) is 13.1 Å². The standard InChI is InChI=1S/C18H31N5O5/c19-8-2-1-5-12(18(27)28)21-16(25)13-6-3-10-23(13)17(26)14-7-4-9-22(14)15(24)11-20/h12-14H,1-11,19-20H2,(H,21,25)(H,27,28). The van der Waals surface area contributed by atoms with Crippen molar-refractivity contribution >= 4 is 23.7 Å². The average molecular weight is 397 g/mol. The highest BCUT2D eigenvalue weighted by molar-refractivity contribution is 5.94. The Morgan fingerprint density at radius 1 is 1.00 bits per heavy atom. The van der Waals surface area contributed by atoms with Crippen molar-refractivity contribution in [2.45, 2.75) is 63.1 Å². The molecule has 0 aromatic heterocycles. The van der Waals surface area contributed by atoms with Gasteiger partial charge in [-0.25, -0.2) is 4.79 Å². The van der Waals surface area contributed by atoms with Crippen molar-refractivity contribution in [3.05, 3.63) is 0 Å². The number of carboxylic acids is 1. The Morgan fingerprint density at radius 2 is 1.64 bits per heavy atom. The number of aliphatic carboxylic acids is 1. The second-order valence-electron chi connectivity index (χ2n) is 7.32. The van der Waals surface area contributed by atoms with Crippen molar-refractivity contribution in [2.24, 2.45) is 11.5 Å². The third-order valence-corrected chi connectivity index (χ3v) is 5.43. The molecule has 2 saturated heterocycles. The minimum absolute atomic E-state index is 0.156. The summed E-state index contributed by atoms with van der Waals surface area (Å²) in [5, 5.41) is 11.9. The van der Waals surface area contributed by atoms with Gasteiger partial charge in [0.25, 0.3) is 0 Å². The maximum atomic E-state index is 13.0. The molecule has 2 aliphatic heterocycles. The summed E-state index contributed by atoms with van der Waals surface area (Å²) in [6.07, 6.45) is 3.97. The lowest BCUT2D eigenvalue weighted by atomic mass is 10.1. The maximum absolute atomic E-state index is 13.0. The van der Waals surface area contributed by atoms with Gasteiger partial charge in [-0.3, -0.25) is 14.4 Å². The van der Waals surface area contributed by atoms with Crippen LogP contribution in [0.15, 0.2) is 0 Å². The Hall–Kier alpha value is -2.20. The van der Waals surface area contributed by atoms with E-state index in [1.165, 1.54) is 9.80 Å². The Kier molecular flexibility index (Phi) is 8.18. The molecule has 3 unspecified atom stereocenters. The van der Waals surface area contributed by atoms with E-state index in [4.69, 9.17) is 11.5 Å². The molecule has 0 radical (unpaired) electrons. The van der Waals surface area contributed by atoms with Gasteiger partial charge in [-0.1, -0.05) is 0 Å². The average Bonchev–Trinajstić information content (AvgIpc) is 3.35. The molecular weight excluding hydrogens is 366 g/mol. The highest BCUT2D eigenvalue weighted by Crippen LogP contribution is 2.25. The zero-order valence-corrected chi connectivity index (χ0v) is 16.1. The van der Waals surface area contributed by atoms with E-state index >= 15 is 0 Å². The third kappa shape index (κ3) is 5.20. The first-order chi connectivity index (χ1) is 13.4. The predicted octanol–water partition coefficient (Wildman–Crippen LogP) is -1.37. The molecular formula is C18H31N5O5. The zero-order valence-electron chi connectivity index (χ0n) is 16.1. The molecule has 3 amide bonds. The van der Waals surface area contributed by atoms with Crippen LogP contribution >= 0.6 is 0 Å². The highest BCUT2D eigenvalue weighted by atomic mass is 16.4. The molecule has 0 saturated carbocycles. The molecule has 28 heavy (non-hydrogen) atoms. The quantitative estimate of drug-likeness (QED) is 0.349. The van der Waals surface area contributed by atoms with Crippen LogP contribution in [0.5, 0.6) is 0 Å². The summed E-state index contributed by atoms with van der Waals surface area (Å²) < 4.78 is 0. The SMILES string of the molecule is NCCCCC(NC(=O)C1CCCN1C(=O)C1CCCN1C(=O)CN)C(=O)O. The van der Waals surface area contributed by atoms with Crippen molar-refractivity contribution in [3.63, 3.8) is 0 Å². The van der Waals surface area contributed by atoms with Crippen molar-refractivity contribution in [2.75, 3.05) is 26.2 Å². The van der Waals surface area contributed by atoms with E-state index in [1.807, 2.05) is 0 Å². The van der Waals surface area contributed by atoms with Gasteiger partial charge in [0.2, 0.25) is 17.7 Å². The number of unbranched alkanes of at least 4 members (excludes halogenated alkanes) is 1. The molecule has 0 aromatic carbocycles. The molecule has 6 N–H and O–H groups in total. The zero-order chi connectivity index (χ0) is 20.7. The van der Waals surface area contributed by atoms with Gasteiger partial charge in [0.05, 0.1) is 6.54 Å². The first-order valence-electron chi connectivity index (χ1n) is 9.94. The molecule has 0 bridgehead atoms. The summed E-state index contributed by atoms with van der Waals surface area (Å²) in [6, 6.07) is -2.30. The molecule has 2 fully saturated rings. The molecule has 0 spiro atoms. The largest absolute Gasteiger partial charge is 0.480 e. The minimum Gasteiger partial charge on any atom is -0.480 e. The van der Waals surface area contributed by atoms with Crippen molar-refractivity contribution < 1.29 is 24.3 Å². The number of hydrogen-bond acceptors (Lipinski definition) is 6. The number of rotatable bonds is 9. The van der Waals surface area contributed by atoms with Crippen LogP contribution in [0.25, 0.3) is 0 Å². The molecule has 10 nitrogen and oxygen atoms in total. The normalized spacial score (nSPS) is 22.9. The van der Waals surface area contributed by atoms with Crippen LogP contribution in [0.2, 0.25) is 0 Å². The lowest BCUT2D eigenvalue weighted by molar-refractivity contribution is -0.147. The van der Waals surface area contributed by atoms with Crippen LogP contribution in [-0.2, 0) is 19.2 Å². The summed E-state index contributed by atoms with van der Waals surface area (Å²) in [6.45, 7) is 1.21. The summed E-state index contributed by atoms with van der Waals surface area (Å²) in [5.41, 5.74) is 10.9. The third-order valence-electron chi connectivity index (χ3n) is 5.43. The number of nitrogens with zero attached hydrogens (tertiary/aromatic N) is 2. The maximum Gasteiger partial charge on any atom is 0.326 e. The number of hydrogen-bond donors (Lipinski definition) is 4. The first kappa shape index (κ1) is 22.1. The summed E-state index contributed by atoms with van der Waals surface area (Å²) in [4.78, 5) is 52.1. The highest BCUT2D eigenvalue weighted by Gasteiger charge is 2.42. The molecule has 2 aliphatic rings. The second-order valence-corrected chi connectivity index (χ2v) is 7.32. The lowest BCUT2D eigenvalue weighted by Gasteiger charge is -2.31. The van der Waals surface area contributed by atoms with Crippen molar-refractivity contribution in [3.8, 4) is 0 Å². The first-order valence-corrected chi connectivity index (χ1v) is 9.94. The fraction of sp³-hybridized carbons (Fsp3) is 0.778. The fourth-order valence-electron chi connectivity index (χ4n) is 3.95. The van der Waals surface area contributed by atoms with Crippen LogP contribution in [-0.4, -0.2) is 82.9 Å². The van der Waals surface area contributed by atoms with Crippen LogP contribution in [0.4, 0.5) is 0 Å². The summed E-state index contributed by atoms with van der Waals surface area (Å²) >= 11 is 0. The summed E-state index contributed by atoms with van der Waals surface area (Å²) in [7, 11) is 0. The van der Waals surface area contributed by atoms with E-state index in [2.05, 4.69) is 5.32 Å². The van der Waals surface area contributed by atoms with Gasteiger partial charge in [-0.15, -0.1) is 0 Å². The lowest BCUT2D eigenvalue weighted by Crippen LogP contribution is -2.55. The van der Waals surface area contributed by atoms with Gasteiger partial charge in [-0.05, 0) is 51.5 Å². The van der Waals surface area contributed by atoms with E-state index in [1.54, 1.807) is 0 Å². The number of nitrogens with two attached hydrogens (primary N) is 2. The van der Waals surface area contributed by atoms with E-state index in [9.17, 15) is 24.3 Å². The van der Waals surface area contributed by atoms with E-state index in [0.29, 0.717) is 58.2 Å². The number of carbonyl (C=O) groups excluding carboxylic acids is 3. The Bertz CT molecular complexity index is 599. The van der Waals surface area contributed by atoms with Crippen LogP contribution in [0.3, 0.4) is 0 Å². The fourth-order valence-corrected chi connectivity index (χ4v) is 3.95. The predicted molar refractivity (Wildman–Crippen MR) is 101 cm³/mol. The van der Waals surface area contributed by atoms with Crippen molar-refractivity contribution in [1.82, 2.24) is 15.1 Å². The summed E-state index contributed by atoms with van der Waals surface area (Å²) in [5.74, 6) is -2.09. The second kappa shape index (κ2) is 10.4. The molecule has 2 rings (SSSR count). The van der Waals surface area contributed by atoms with Crippen molar-refractivity contribution in [1.29, 1.82) is 0 Å². The van der Waals surface area contributed by atoms with Gasteiger partial charge in [0.15, 0.2) is 0 Å². The number of likely N-dealkylation sites (tertiary alicyclic amines) is 2. The molecule has 0 aromatic rings. The number of nitrogens with one attached hydrogen (secondary N) is 1. The molecule has 158 valence electrons. The smallest absolute Gasteiger partial charge is 0.326 e. The molecule has 2 heterocycles. The number of carboxylic acid groups (broad SMARTS) is 1. The minimum atomic E-state index is -1.10. The van der Waals surface area contributed by atoms with Crippen LogP contribution < -0.4 is 16.8 Å². The van der Waals surface area contributed by atoms with E-state index in [0.717, 1.165) is 6.42 Å². The van der Waals surface area contributed by atoms with E-state index in [-0.39, 0.29) is 18.4 Å². The number of carbonyl (C=O) groups is 4. The molecule has 0 aliphatic carbocycles. The Balaban J connectivity index is 2.02. The molecule has 10 heteroatoms. The van der Waals surface area contributed by atoms with Gasteiger partial charge < -0.3 is 31.7 Å². The topological polar surface area (TPSA) is 159 Å². The van der Waals surface area contributed by atoms with Gasteiger partial charge in [0.1, 0.15) is 18.1 Å². The van der Waals surface area contributed by atoms with Gasteiger partial charge >= 0.3 is 5.97 Å². The Morgan fingerprint density at radius 3 is 2.25 bits per heavy atom. The van der Waals surface area contributed by atoms with Crippen LogP contribution in [0.1, 0.15) is 44.9 Å². The Labute approximate surface area is 164 Å². The monoisotopic (exact) mass is 397 g/mol. The van der Waals surface area contributed by atoms with Gasteiger partial charge in [-0.2, -0.15) is 0 Å². The number of amides is 3. The van der Waals surface area contributed by atoms with Crippen LogP contribution in [0, 0.1) is 0 Å². The molecule has 3 atom stereocenters.